The van der Waals surface area contributed by atoms with Crippen LogP contribution in [0.4, 0.5) is 17.1 Å². The molecule has 2 aromatic rings. The van der Waals surface area contributed by atoms with Gasteiger partial charge >= 0.3 is 5.97 Å². The van der Waals surface area contributed by atoms with Crippen molar-refractivity contribution < 1.29 is 28.8 Å². The van der Waals surface area contributed by atoms with Gasteiger partial charge < -0.3 is 19.7 Å². The summed E-state index contributed by atoms with van der Waals surface area (Å²) in [5.41, 5.74) is 1.20. The number of hydrogen-bond acceptors (Lipinski definition) is 7. The number of carbonyl (C=O) groups is 3. The summed E-state index contributed by atoms with van der Waals surface area (Å²) in [4.78, 5) is 48.8. The Kier molecular flexibility index (Phi) is 7.04. The lowest BCUT2D eigenvalue weighted by molar-refractivity contribution is -0.385. The third kappa shape index (κ3) is 5.39. The van der Waals surface area contributed by atoms with Crippen molar-refractivity contribution in [1.82, 2.24) is 0 Å². The molecule has 1 heterocycles. The van der Waals surface area contributed by atoms with Crippen molar-refractivity contribution >= 4 is 34.8 Å². The minimum atomic E-state index is -0.692. The molecule has 1 atom stereocenters. The topological polar surface area (TPSA) is 128 Å². The SMILES string of the molecule is CCOc1ccc(N2C[C@H](C(=O)OCC(=O)Nc3ccc(C)c([N+](=O)[O-])c3)CC2=O)cc1. The molecule has 3 rings (SSSR count). The van der Waals surface area contributed by atoms with Crippen LogP contribution < -0.4 is 15.0 Å². The Balaban J connectivity index is 1.53. The fourth-order valence-electron chi connectivity index (χ4n) is 3.34. The zero-order valence-electron chi connectivity index (χ0n) is 17.7. The summed E-state index contributed by atoms with van der Waals surface area (Å²) in [5, 5.41) is 13.5. The number of carbonyl (C=O) groups excluding carboxylic acids is 3. The van der Waals surface area contributed by atoms with Crippen LogP contribution in [0.1, 0.15) is 18.9 Å². The van der Waals surface area contributed by atoms with Crippen LogP contribution in [0.5, 0.6) is 5.75 Å². The maximum atomic E-state index is 12.4. The average Bonchev–Trinajstić information content (AvgIpc) is 3.15. The molecule has 0 spiro atoms. The molecule has 2 amide bonds. The van der Waals surface area contributed by atoms with Crippen molar-refractivity contribution in [3.63, 3.8) is 0 Å². The summed E-state index contributed by atoms with van der Waals surface area (Å²) in [6, 6.07) is 11.2. The summed E-state index contributed by atoms with van der Waals surface area (Å²) in [6.07, 6.45) is -0.0161. The molecule has 1 aliphatic heterocycles. The van der Waals surface area contributed by atoms with Crippen molar-refractivity contribution in [3.05, 3.63) is 58.1 Å². The van der Waals surface area contributed by atoms with E-state index in [9.17, 15) is 24.5 Å². The Morgan fingerprint density at radius 1 is 1.22 bits per heavy atom. The van der Waals surface area contributed by atoms with Crippen LogP contribution in [-0.4, -0.2) is 42.5 Å². The molecule has 168 valence electrons. The largest absolute Gasteiger partial charge is 0.494 e. The van der Waals surface area contributed by atoms with Gasteiger partial charge in [-0.25, -0.2) is 0 Å². The minimum Gasteiger partial charge on any atom is -0.494 e. The zero-order valence-corrected chi connectivity index (χ0v) is 17.7. The molecule has 1 fully saturated rings. The number of amides is 2. The Hall–Kier alpha value is -3.95. The molecule has 0 unspecified atom stereocenters. The highest BCUT2D eigenvalue weighted by Gasteiger charge is 2.36. The van der Waals surface area contributed by atoms with Gasteiger partial charge in [0.15, 0.2) is 6.61 Å². The number of nitrogens with one attached hydrogen (secondary N) is 1. The first-order chi connectivity index (χ1) is 15.3. The van der Waals surface area contributed by atoms with E-state index < -0.39 is 29.3 Å². The van der Waals surface area contributed by atoms with Crippen LogP contribution >= 0.6 is 0 Å². The molecule has 10 heteroatoms. The molecule has 10 nitrogen and oxygen atoms in total. The van der Waals surface area contributed by atoms with Crippen molar-refractivity contribution in [2.45, 2.75) is 20.3 Å². The van der Waals surface area contributed by atoms with Crippen molar-refractivity contribution in [2.24, 2.45) is 5.92 Å². The molecular formula is C22H23N3O7. The normalized spacial score (nSPS) is 15.4. The summed E-state index contributed by atoms with van der Waals surface area (Å²) in [5.74, 6) is -1.51. The summed E-state index contributed by atoms with van der Waals surface area (Å²) in [6.45, 7) is 3.58. The van der Waals surface area contributed by atoms with Gasteiger partial charge in [-0.2, -0.15) is 0 Å². The fraction of sp³-hybridized carbons (Fsp3) is 0.318. The Morgan fingerprint density at radius 3 is 2.59 bits per heavy atom. The number of anilines is 2. The van der Waals surface area contributed by atoms with E-state index >= 15 is 0 Å². The molecule has 0 saturated carbocycles. The van der Waals surface area contributed by atoms with Crippen LogP contribution in [-0.2, 0) is 19.1 Å². The van der Waals surface area contributed by atoms with E-state index in [1.807, 2.05) is 6.92 Å². The predicted octanol–water partition coefficient (Wildman–Crippen LogP) is 2.84. The highest BCUT2D eigenvalue weighted by atomic mass is 16.6. The molecule has 0 aromatic heterocycles. The maximum Gasteiger partial charge on any atom is 0.311 e. The highest BCUT2D eigenvalue weighted by Crippen LogP contribution is 2.27. The lowest BCUT2D eigenvalue weighted by atomic mass is 10.1. The minimum absolute atomic E-state index is 0.0161. The Labute approximate surface area is 184 Å². The second-order valence-corrected chi connectivity index (χ2v) is 7.25. The van der Waals surface area contributed by atoms with Crippen LogP contribution in [0, 0.1) is 23.0 Å². The first-order valence-electron chi connectivity index (χ1n) is 10.0. The lowest BCUT2D eigenvalue weighted by Crippen LogP contribution is -2.28. The van der Waals surface area contributed by atoms with Gasteiger partial charge in [-0.1, -0.05) is 6.07 Å². The first kappa shape index (κ1) is 22.7. The van der Waals surface area contributed by atoms with E-state index in [1.165, 1.54) is 23.1 Å². The number of aryl methyl sites for hydroxylation is 1. The van der Waals surface area contributed by atoms with E-state index in [2.05, 4.69) is 5.32 Å². The van der Waals surface area contributed by atoms with E-state index in [4.69, 9.17) is 9.47 Å². The molecule has 1 saturated heterocycles. The third-order valence-corrected chi connectivity index (χ3v) is 4.95. The van der Waals surface area contributed by atoms with E-state index in [-0.39, 0.29) is 30.2 Å². The zero-order chi connectivity index (χ0) is 23.3. The molecule has 2 aromatic carbocycles. The fourth-order valence-corrected chi connectivity index (χ4v) is 3.34. The van der Waals surface area contributed by atoms with E-state index in [0.29, 0.717) is 23.6 Å². The Morgan fingerprint density at radius 2 is 1.94 bits per heavy atom. The number of benzene rings is 2. The van der Waals surface area contributed by atoms with Crippen molar-refractivity contribution in [3.8, 4) is 5.75 Å². The van der Waals surface area contributed by atoms with Gasteiger partial charge in [0.25, 0.3) is 11.6 Å². The van der Waals surface area contributed by atoms with Crippen LogP contribution in [0.2, 0.25) is 0 Å². The monoisotopic (exact) mass is 441 g/mol. The maximum absolute atomic E-state index is 12.4. The molecule has 0 aliphatic carbocycles. The van der Waals surface area contributed by atoms with Gasteiger partial charge in [0.2, 0.25) is 5.91 Å². The van der Waals surface area contributed by atoms with E-state index in [1.54, 1.807) is 31.2 Å². The number of nitrogens with zero attached hydrogens (tertiary/aromatic N) is 2. The number of nitro groups is 1. The number of esters is 1. The molecule has 32 heavy (non-hydrogen) atoms. The first-order valence-corrected chi connectivity index (χ1v) is 10.0. The van der Waals surface area contributed by atoms with Gasteiger partial charge in [0.05, 0.1) is 17.4 Å². The number of nitro benzene ring substituents is 1. The molecule has 0 bridgehead atoms. The number of hydrogen-bond donors (Lipinski definition) is 1. The quantitative estimate of drug-likeness (QED) is 0.379. The van der Waals surface area contributed by atoms with Crippen molar-refractivity contribution in [1.29, 1.82) is 0 Å². The molecule has 1 aliphatic rings. The van der Waals surface area contributed by atoms with Gasteiger partial charge in [-0.3, -0.25) is 24.5 Å². The summed E-state index contributed by atoms with van der Waals surface area (Å²) < 4.78 is 10.4. The Bertz CT molecular complexity index is 1040. The average molecular weight is 441 g/mol. The highest BCUT2D eigenvalue weighted by molar-refractivity contribution is 6.00. The second kappa shape index (κ2) is 9.90. The second-order valence-electron chi connectivity index (χ2n) is 7.25. The van der Waals surface area contributed by atoms with Crippen LogP contribution in [0.25, 0.3) is 0 Å². The third-order valence-electron chi connectivity index (χ3n) is 4.95. The van der Waals surface area contributed by atoms with Gasteiger partial charge in [-0.15, -0.1) is 0 Å². The number of rotatable bonds is 8. The van der Waals surface area contributed by atoms with E-state index in [0.717, 1.165) is 0 Å². The molecule has 0 radical (unpaired) electrons. The lowest BCUT2D eigenvalue weighted by Gasteiger charge is -2.17. The smallest absolute Gasteiger partial charge is 0.311 e. The molecular weight excluding hydrogens is 418 g/mol. The summed E-state index contributed by atoms with van der Waals surface area (Å²) >= 11 is 0. The van der Waals surface area contributed by atoms with Crippen LogP contribution in [0.15, 0.2) is 42.5 Å². The van der Waals surface area contributed by atoms with Gasteiger partial charge in [-0.05, 0) is 44.2 Å². The molecule has 1 N–H and O–H groups in total. The van der Waals surface area contributed by atoms with Crippen LogP contribution in [0.3, 0.4) is 0 Å². The van der Waals surface area contributed by atoms with Gasteiger partial charge in [0, 0.05) is 36.0 Å². The standard InChI is InChI=1S/C22H23N3O7/c1-3-31-18-8-6-17(7-9-18)24-12-15(10-21(24)27)22(28)32-13-20(26)23-16-5-4-14(2)19(11-16)25(29)30/h4-9,11,15H,3,10,12-13H2,1-2H3,(H,23,26)/t15-/m1/s1. The summed E-state index contributed by atoms with van der Waals surface area (Å²) in [7, 11) is 0. The predicted molar refractivity (Wildman–Crippen MR) is 115 cm³/mol. The van der Waals surface area contributed by atoms with Gasteiger partial charge in [0.1, 0.15) is 5.75 Å². The number of ether oxygens (including phenoxy) is 2. The van der Waals surface area contributed by atoms with Crippen molar-refractivity contribution in [2.75, 3.05) is 30.0 Å².